The fourth-order valence-electron chi connectivity index (χ4n) is 2.56. The second-order valence-corrected chi connectivity index (χ2v) is 8.39. The summed E-state index contributed by atoms with van der Waals surface area (Å²) in [5.74, 6) is -1.31. The summed E-state index contributed by atoms with van der Waals surface area (Å²) in [6, 6.07) is 6.52. The van der Waals surface area contributed by atoms with Gasteiger partial charge in [-0.25, -0.2) is 8.42 Å². The predicted octanol–water partition coefficient (Wildman–Crippen LogP) is 0.281. The van der Waals surface area contributed by atoms with Crippen LogP contribution in [0.25, 0.3) is 0 Å². The molecule has 0 saturated carbocycles. The molecule has 0 aliphatic carbocycles. The summed E-state index contributed by atoms with van der Waals surface area (Å²) in [6.07, 6.45) is 1.25. The lowest BCUT2D eigenvalue weighted by Crippen LogP contribution is -2.43. The van der Waals surface area contributed by atoms with Gasteiger partial charge in [0.2, 0.25) is 10.0 Å². The third kappa shape index (κ3) is 6.02. The van der Waals surface area contributed by atoms with Gasteiger partial charge in [-0.15, -0.1) is 0 Å². The lowest BCUT2D eigenvalue weighted by atomic mass is 10.1. The van der Waals surface area contributed by atoms with Gasteiger partial charge in [-0.3, -0.25) is 9.59 Å². The molecule has 0 spiro atoms. The molecule has 0 radical (unpaired) electrons. The molecule has 2 N–H and O–H groups in total. The molecule has 1 aliphatic heterocycles. The molecule has 0 aromatic heterocycles. The number of benzene rings is 1. The largest absolute Gasteiger partial charge is 0.379 e. The Morgan fingerprint density at radius 1 is 1.15 bits per heavy atom. The topological polar surface area (TPSA) is 105 Å². The number of carbonyl (C=O) groups is 2. The summed E-state index contributed by atoms with van der Waals surface area (Å²) in [5, 5.41) is 5.17. The van der Waals surface area contributed by atoms with Gasteiger partial charge < -0.3 is 15.4 Å². The molecule has 1 atom stereocenters. The lowest BCUT2D eigenvalue weighted by Gasteiger charge is -2.26. The fourth-order valence-corrected chi connectivity index (χ4v) is 3.96. The van der Waals surface area contributed by atoms with Crippen LogP contribution in [0.5, 0.6) is 0 Å². The van der Waals surface area contributed by atoms with Crippen molar-refractivity contribution in [2.75, 3.05) is 32.8 Å². The van der Waals surface area contributed by atoms with E-state index >= 15 is 0 Å². The Morgan fingerprint density at radius 3 is 2.37 bits per heavy atom. The zero-order valence-electron chi connectivity index (χ0n) is 15.7. The van der Waals surface area contributed by atoms with Gasteiger partial charge in [0.1, 0.15) is 0 Å². The second-order valence-electron chi connectivity index (χ2n) is 6.45. The number of nitrogens with one attached hydrogen (secondary N) is 2. The van der Waals surface area contributed by atoms with Gasteiger partial charge in [-0.2, -0.15) is 4.31 Å². The Balaban J connectivity index is 1.85. The standard InChI is InChI=1S/C18H27N3O5S/c1-3-14(2)20-18(23)17(22)19-9-8-15-4-6-16(7-5-15)27(24,25)21-10-12-26-13-11-21/h4-7,14H,3,8-13H2,1-2H3,(H,19,22)(H,20,23)/t14-/m1/s1. The van der Waals surface area contributed by atoms with Crippen LogP contribution in [-0.4, -0.2) is 63.4 Å². The maximum Gasteiger partial charge on any atom is 0.309 e. The van der Waals surface area contributed by atoms with E-state index in [0.29, 0.717) is 39.3 Å². The molecule has 27 heavy (non-hydrogen) atoms. The van der Waals surface area contributed by atoms with E-state index in [2.05, 4.69) is 10.6 Å². The van der Waals surface area contributed by atoms with Crippen LogP contribution in [0.4, 0.5) is 0 Å². The van der Waals surface area contributed by atoms with Gasteiger partial charge in [-0.05, 0) is 37.5 Å². The summed E-state index contributed by atoms with van der Waals surface area (Å²) >= 11 is 0. The van der Waals surface area contributed by atoms with Crippen LogP contribution >= 0.6 is 0 Å². The van der Waals surface area contributed by atoms with Crippen LogP contribution in [0.15, 0.2) is 29.2 Å². The zero-order chi connectivity index (χ0) is 19.9. The molecule has 1 saturated heterocycles. The summed E-state index contributed by atoms with van der Waals surface area (Å²) in [6.45, 7) is 5.57. The van der Waals surface area contributed by atoms with Crippen molar-refractivity contribution in [2.24, 2.45) is 0 Å². The number of ether oxygens (including phenoxy) is 1. The number of hydrogen-bond donors (Lipinski definition) is 2. The van der Waals surface area contributed by atoms with Gasteiger partial charge >= 0.3 is 11.8 Å². The Labute approximate surface area is 160 Å². The monoisotopic (exact) mass is 397 g/mol. The molecular formula is C18H27N3O5S. The van der Waals surface area contributed by atoms with Gasteiger partial charge in [0.05, 0.1) is 18.1 Å². The maximum atomic E-state index is 12.6. The van der Waals surface area contributed by atoms with Crippen molar-refractivity contribution in [3.8, 4) is 0 Å². The van der Waals surface area contributed by atoms with Gasteiger partial charge in [0.25, 0.3) is 0 Å². The average molecular weight is 397 g/mol. The third-order valence-electron chi connectivity index (χ3n) is 4.43. The summed E-state index contributed by atoms with van der Waals surface area (Å²) < 4.78 is 31.7. The first-order valence-electron chi connectivity index (χ1n) is 9.10. The number of carbonyl (C=O) groups excluding carboxylic acids is 2. The first-order valence-corrected chi connectivity index (χ1v) is 10.5. The summed E-state index contributed by atoms with van der Waals surface area (Å²) in [4.78, 5) is 23.6. The minimum absolute atomic E-state index is 0.0517. The molecule has 1 aliphatic rings. The molecule has 2 amide bonds. The van der Waals surface area contributed by atoms with Crippen LogP contribution in [0.1, 0.15) is 25.8 Å². The molecule has 1 heterocycles. The quantitative estimate of drug-likeness (QED) is 0.643. The van der Waals surface area contributed by atoms with E-state index in [4.69, 9.17) is 4.74 Å². The Bertz CT molecular complexity index is 743. The maximum absolute atomic E-state index is 12.6. The van der Waals surface area contributed by atoms with E-state index in [0.717, 1.165) is 12.0 Å². The smallest absolute Gasteiger partial charge is 0.309 e. The van der Waals surface area contributed by atoms with E-state index in [9.17, 15) is 18.0 Å². The van der Waals surface area contributed by atoms with Crippen molar-refractivity contribution in [2.45, 2.75) is 37.6 Å². The van der Waals surface area contributed by atoms with Crippen molar-refractivity contribution in [3.63, 3.8) is 0 Å². The van der Waals surface area contributed by atoms with E-state index in [1.165, 1.54) is 4.31 Å². The number of amides is 2. The van der Waals surface area contributed by atoms with Crippen molar-refractivity contribution in [1.82, 2.24) is 14.9 Å². The minimum atomic E-state index is -3.51. The Kier molecular flexibility index (Phi) is 7.76. The van der Waals surface area contributed by atoms with Gasteiger partial charge in [-0.1, -0.05) is 19.1 Å². The number of nitrogens with zero attached hydrogens (tertiary/aromatic N) is 1. The van der Waals surface area contributed by atoms with Crippen molar-refractivity contribution < 1.29 is 22.7 Å². The average Bonchev–Trinajstić information content (AvgIpc) is 2.68. The van der Waals surface area contributed by atoms with Crippen molar-refractivity contribution >= 4 is 21.8 Å². The van der Waals surface area contributed by atoms with Gasteiger partial charge in [0, 0.05) is 25.7 Å². The molecular weight excluding hydrogens is 370 g/mol. The van der Waals surface area contributed by atoms with E-state index in [1.807, 2.05) is 13.8 Å². The minimum Gasteiger partial charge on any atom is -0.379 e. The SMILES string of the molecule is CC[C@@H](C)NC(=O)C(=O)NCCc1ccc(S(=O)(=O)N2CCOCC2)cc1. The highest BCUT2D eigenvalue weighted by molar-refractivity contribution is 7.89. The second kappa shape index (κ2) is 9.82. The van der Waals surface area contributed by atoms with Crippen molar-refractivity contribution in [1.29, 1.82) is 0 Å². The fraction of sp³-hybridized carbons (Fsp3) is 0.556. The molecule has 150 valence electrons. The highest BCUT2D eigenvalue weighted by Crippen LogP contribution is 2.17. The van der Waals surface area contributed by atoms with Crippen LogP contribution in [0.3, 0.4) is 0 Å². The van der Waals surface area contributed by atoms with Crippen molar-refractivity contribution in [3.05, 3.63) is 29.8 Å². The molecule has 8 nitrogen and oxygen atoms in total. The highest BCUT2D eigenvalue weighted by atomic mass is 32.2. The number of rotatable bonds is 7. The van der Waals surface area contributed by atoms with E-state index < -0.39 is 21.8 Å². The van der Waals surface area contributed by atoms with Gasteiger partial charge in [0.15, 0.2) is 0 Å². The molecule has 9 heteroatoms. The van der Waals surface area contributed by atoms with E-state index in [1.54, 1.807) is 24.3 Å². The Morgan fingerprint density at radius 2 is 1.78 bits per heavy atom. The third-order valence-corrected chi connectivity index (χ3v) is 6.34. The summed E-state index contributed by atoms with van der Waals surface area (Å²) in [7, 11) is -3.51. The van der Waals surface area contributed by atoms with Crippen LogP contribution in [0, 0.1) is 0 Å². The van der Waals surface area contributed by atoms with E-state index in [-0.39, 0.29) is 10.9 Å². The Hall–Kier alpha value is -1.97. The summed E-state index contributed by atoms with van der Waals surface area (Å²) in [5.41, 5.74) is 0.874. The van der Waals surface area contributed by atoms with Crippen LogP contribution in [0.2, 0.25) is 0 Å². The first-order chi connectivity index (χ1) is 12.8. The molecule has 1 aromatic carbocycles. The molecule has 2 rings (SSSR count). The zero-order valence-corrected chi connectivity index (χ0v) is 16.5. The molecule has 0 bridgehead atoms. The molecule has 1 aromatic rings. The molecule has 1 fully saturated rings. The number of morpholine rings is 1. The molecule has 0 unspecified atom stereocenters. The highest BCUT2D eigenvalue weighted by Gasteiger charge is 2.26. The van der Waals surface area contributed by atoms with Crippen LogP contribution < -0.4 is 10.6 Å². The van der Waals surface area contributed by atoms with Crippen LogP contribution in [-0.2, 0) is 30.8 Å². The number of hydrogen-bond acceptors (Lipinski definition) is 5. The normalized spacial score (nSPS) is 16.5. The lowest BCUT2D eigenvalue weighted by molar-refractivity contribution is -0.139. The first kappa shape index (κ1) is 21.3. The number of sulfonamides is 1. The predicted molar refractivity (Wildman–Crippen MR) is 101 cm³/mol.